The molecule has 0 radical (unpaired) electrons. The Balaban J connectivity index is 0.000000255. The van der Waals surface area contributed by atoms with E-state index in [1.54, 1.807) is 38.5 Å². The molecule has 26 heavy (non-hydrogen) atoms. The van der Waals surface area contributed by atoms with Crippen molar-refractivity contribution in [2.75, 3.05) is 0 Å². The second-order valence-electron chi connectivity index (χ2n) is 12.1. The Morgan fingerprint density at radius 3 is 1.27 bits per heavy atom. The summed E-state index contributed by atoms with van der Waals surface area (Å²) in [6.07, 6.45) is 16.8. The molecule has 5 aliphatic carbocycles. The lowest BCUT2D eigenvalue weighted by molar-refractivity contribution is -0.113. The molecule has 0 heteroatoms. The first-order valence-corrected chi connectivity index (χ1v) is 11.1. The third-order valence-corrected chi connectivity index (χ3v) is 8.46. The lowest BCUT2D eigenvalue weighted by atomic mass is 9.43. The van der Waals surface area contributed by atoms with Gasteiger partial charge in [-0.15, -0.1) is 0 Å². The summed E-state index contributed by atoms with van der Waals surface area (Å²) in [5, 5.41) is 0. The second-order valence-corrected chi connectivity index (χ2v) is 12.1. The van der Waals surface area contributed by atoms with Gasteiger partial charge in [0.2, 0.25) is 0 Å². The standard InChI is InChI=1S/C14H24.C10H20.2CH4/c1-13(2,3)14-7-10-4-11(8-14)6-12(5-10)9-14;1-10(2,3)9-7-5-4-6-8-9;;/h10-12H,4-9H2,1-3H3;9H,4-8H2,1-3H3;2*1H4. The first-order valence-electron chi connectivity index (χ1n) is 11.1. The highest BCUT2D eigenvalue weighted by Gasteiger charge is 2.55. The third kappa shape index (κ3) is 5.08. The lowest BCUT2D eigenvalue weighted by Crippen LogP contribution is -2.51. The molecule has 0 atom stereocenters. The van der Waals surface area contributed by atoms with Crippen molar-refractivity contribution in [2.24, 2.45) is 39.9 Å². The molecule has 0 spiro atoms. The minimum atomic E-state index is 0. The molecule has 4 bridgehead atoms. The van der Waals surface area contributed by atoms with E-state index in [2.05, 4.69) is 41.5 Å². The van der Waals surface area contributed by atoms with E-state index < -0.39 is 0 Å². The van der Waals surface area contributed by atoms with Crippen LogP contribution in [0.5, 0.6) is 0 Å². The Hall–Kier alpha value is 0. The molecular formula is C26H52. The van der Waals surface area contributed by atoms with Gasteiger partial charge in [0.1, 0.15) is 0 Å². The van der Waals surface area contributed by atoms with Gasteiger partial charge < -0.3 is 0 Å². The van der Waals surface area contributed by atoms with E-state index in [1.807, 2.05) is 0 Å². The first kappa shape index (κ1) is 24.0. The zero-order valence-corrected chi connectivity index (χ0v) is 17.6. The summed E-state index contributed by atoms with van der Waals surface area (Å²) >= 11 is 0. The Morgan fingerprint density at radius 1 is 0.615 bits per heavy atom. The molecule has 0 aromatic rings. The Labute approximate surface area is 167 Å². The van der Waals surface area contributed by atoms with Gasteiger partial charge in [0, 0.05) is 0 Å². The summed E-state index contributed by atoms with van der Waals surface area (Å²) in [5.41, 5.74) is 1.87. The van der Waals surface area contributed by atoms with Gasteiger partial charge in [-0.05, 0) is 91.3 Å². The van der Waals surface area contributed by atoms with Crippen LogP contribution in [0.2, 0.25) is 0 Å². The number of rotatable bonds is 0. The van der Waals surface area contributed by atoms with Crippen LogP contribution in [-0.4, -0.2) is 0 Å². The van der Waals surface area contributed by atoms with Gasteiger partial charge in [0.25, 0.3) is 0 Å². The minimum Gasteiger partial charge on any atom is -0.0776 e. The molecule has 0 aromatic carbocycles. The maximum Gasteiger partial charge on any atom is -0.0241 e. The molecular weight excluding hydrogens is 312 g/mol. The van der Waals surface area contributed by atoms with Crippen LogP contribution in [-0.2, 0) is 0 Å². The molecule has 0 nitrogen and oxygen atoms in total. The summed E-state index contributed by atoms with van der Waals surface area (Å²) in [7, 11) is 0. The topological polar surface area (TPSA) is 0 Å². The van der Waals surface area contributed by atoms with Crippen molar-refractivity contribution in [1.29, 1.82) is 0 Å². The molecule has 5 rings (SSSR count). The fraction of sp³-hybridized carbons (Fsp3) is 1.00. The van der Waals surface area contributed by atoms with E-state index in [4.69, 9.17) is 0 Å². The predicted molar refractivity (Wildman–Crippen MR) is 120 cm³/mol. The van der Waals surface area contributed by atoms with Gasteiger partial charge in [-0.1, -0.05) is 75.7 Å². The van der Waals surface area contributed by atoms with Crippen molar-refractivity contribution in [3.05, 3.63) is 0 Å². The smallest absolute Gasteiger partial charge is 0.0241 e. The van der Waals surface area contributed by atoms with Crippen LogP contribution in [0.25, 0.3) is 0 Å². The van der Waals surface area contributed by atoms with Gasteiger partial charge in [-0.25, -0.2) is 0 Å². The molecule has 156 valence electrons. The highest BCUT2D eigenvalue weighted by atomic mass is 14.6. The lowest BCUT2D eigenvalue weighted by Gasteiger charge is -2.62. The molecule has 0 saturated heterocycles. The van der Waals surface area contributed by atoms with Crippen LogP contribution in [0.1, 0.15) is 127 Å². The van der Waals surface area contributed by atoms with Crippen LogP contribution in [0, 0.1) is 39.9 Å². The van der Waals surface area contributed by atoms with Crippen molar-refractivity contribution in [1.82, 2.24) is 0 Å². The SMILES string of the molecule is C.C.CC(C)(C)C12CC3CC(CC(C3)C1)C2.CC(C)(C)C1CCCCC1. The molecule has 0 unspecified atom stereocenters. The van der Waals surface area contributed by atoms with E-state index in [9.17, 15) is 0 Å². The second kappa shape index (κ2) is 8.57. The fourth-order valence-corrected chi connectivity index (χ4v) is 7.00. The normalized spacial score (nSPS) is 36.5. The highest BCUT2D eigenvalue weighted by Crippen LogP contribution is 2.65. The van der Waals surface area contributed by atoms with E-state index >= 15 is 0 Å². The van der Waals surface area contributed by atoms with Crippen molar-refractivity contribution >= 4 is 0 Å². The third-order valence-electron chi connectivity index (χ3n) is 8.46. The predicted octanol–water partition coefficient (Wildman–Crippen LogP) is 9.13. The minimum absolute atomic E-state index is 0. The Kier molecular flexibility index (Phi) is 7.92. The van der Waals surface area contributed by atoms with Gasteiger partial charge in [-0.3, -0.25) is 0 Å². The number of hydrogen-bond donors (Lipinski definition) is 0. The molecule has 0 heterocycles. The monoisotopic (exact) mass is 364 g/mol. The average molecular weight is 365 g/mol. The van der Waals surface area contributed by atoms with Crippen LogP contribution in [0.3, 0.4) is 0 Å². The van der Waals surface area contributed by atoms with Crippen LogP contribution < -0.4 is 0 Å². The Morgan fingerprint density at radius 2 is 1.00 bits per heavy atom. The quantitative estimate of drug-likeness (QED) is 0.402. The summed E-state index contributed by atoms with van der Waals surface area (Å²) in [5.74, 6) is 4.34. The summed E-state index contributed by atoms with van der Waals surface area (Å²) < 4.78 is 0. The van der Waals surface area contributed by atoms with Gasteiger partial charge >= 0.3 is 0 Å². The fourth-order valence-electron chi connectivity index (χ4n) is 7.00. The van der Waals surface area contributed by atoms with Gasteiger partial charge in [-0.2, -0.15) is 0 Å². The van der Waals surface area contributed by atoms with Crippen LogP contribution in [0.15, 0.2) is 0 Å². The van der Waals surface area contributed by atoms with Gasteiger partial charge in [0.15, 0.2) is 0 Å². The van der Waals surface area contributed by atoms with E-state index in [1.165, 1.54) is 32.1 Å². The maximum atomic E-state index is 2.49. The summed E-state index contributed by atoms with van der Waals surface area (Å²) in [6, 6.07) is 0. The highest BCUT2D eigenvalue weighted by molar-refractivity contribution is 5.05. The van der Waals surface area contributed by atoms with Gasteiger partial charge in [0.05, 0.1) is 0 Å². The first-order chi connectivity index (χ1) is 11.1. The maximum absolute atomic E-state index is 2.49. The molecule has 5 fully saturated rings. The van der Waals surface area contributed by atoms with Crippen LogP contribution >= 0.6 is 0 Å². The van der Waals surface area contributed by atoms with Crippen molar-refractivity contribution < 1.29 is 0 Å². The zero-order chi connectivity index (χ0) is 17.6. The van der Waals surface area contributed by atoms with Crippen molar-refractivity contribution in [2.45, 2.75) is 127 Å². The number of hydrogen-bond acceptors (Lipinski definition) is 0. The Bertz CT molecular complexity index is 375. The molecule has 0 amide bonds. The molecule has 0 aliphatic heterocycles. The molecule has 0 aromatic heterocycles. The van der Waals surface area contributed by atoms with E-state index in [0.29, 0.717) is 10.8 Å². The average Bonchev–Trinajstić information content (AvgIpc) is 2.45. The molecule has 5 aliphatic rings. The van der Waals surface area contributed by atoms with Crippen molar-refractivity contribution in [3.63, 3.8) is 0 Å². The largest absolute Gasteiger partial charge is 0.0776 e. The van der Waals surface area contributed by atoms with E-state index in [0.717, 1.165) is 29.1 Å². The summed E-state index contributed by atoms with van der Waals surface area (Å²) in [4.78, 5) is 0. The zero-order valence-electron chi connectivity index (χ0n) is 17.6. The summed E-state index contributed by atoms with van der Waals surface area (Å²) in [6.45, 7) is 14.6. The van der Waals surface area contributed by atoms with Crippen LogP contribution in [0.4, 0.5) is 0 Å². The van der Waals surface area contributed by atoms with E-state index in [-0.39, 0.29) is 14.9 Å². The molecule has 5 saturated carbocycles. The molecule has 0 N–H and O–H groups in total. The van der Waals surface area contributed by atoms with Crippen molar-refractivity contribution in [3.8, 4) is 0 Å².